The predicted molar refractivity (Wildman–Crippen MR) is 110 cm³/mol. The number of carbonyl (C=O) groups excluding carboxylic acids is 2. The van der Waals surface area contributed by atoms with E-state index in [0.29, 0.717) is 30.0 Å². The SMILES string of the molecule is COC(=O)c1cc(N2CCOCC2)ccc1NC(=O)c1ccc(-n2ccnn2)cc1. The Labute approximate surface area is 173 Å². The summed E-state index contributed by atoms with van der Waals surface area (Å²) in [4.78, 5) is 27.2. The number of nitrogens with zero attached hydrogens (tertiary/aromatic N) is 4. The highest BCUT2D eigenvalue weighted by molar-refractivity contribution is 6.08. The highest BCUT2D eigenvalue weighted by Crippen LogP contribution is 2.25. The molecule has 0 bridgehead atoms. The first-order valence-electron chi connectivity index (χ1n) is 9.49. The maximum Gasteiger partial charge on any atom is 0.340 e. The quantitative estimate of drug-likeness (QED) is 0.647. The molecule has 1 amide bonds. The standard InChI is InChI=1S/C21H21N5O4/c1-29-21(28)18-14-17(25-10-12-30-13-11-25)6-7-19(18)23-20(27)15-2-4-16(5-3-15)26-9-8-22-24-26/h2-9,14H,10-13H2,1H3,(H,23,27). The fraction of sp³-hybridized carbons (Fsp3) is 0.238. The van der Waals surface area contributed by atoms with Gasteiger partial charge in [0.05, 0.1) is 49.7 Å². The van der Waals surface area contributed by atoms with Crippen LogP contribution in [0.25, 0.3) is 5.69 Å². The van der Waals surface area contributed by atoms with Gasteiger partial charge in [-0.1, -0.05) is 5.21 Å². The Hall–Kier alpha value is -3.72. The Morgan fingerprint density at radius 3 is 2.47 bits per heavy atom. The third-order valence-corrected chi connectivity index (χ3v) is 4.85. The second-order valence-electron chi connectivity index (χ2n) is 6.67. The molecule has 1 aliphatic heterocycles. The number of esters is 1. The zero-order valence-electron chi connectivity index (χ0n) is 16.4. The van der Waals surface area contributed by atoms with Crippen molar-refractivity contribution in [3.05, 3.63) is 66.0 Å². The van der Waals surface area contributed by atoms with Crippen LogP contribution in [0, 0.1) is 0 Å². The molecular formula is C21H21N5O4. The lowest BCUT2D eigenvalue weighted by atomic mass is 10.1. The summed E-state index contributed by atoms with van der Waals surface area (Å²) in [6.07, 6.45) is 3.29. The zero-order valence-corrected chi connectivity index (χ0v) is 16.4. The van der Waals surface area contributed by atoms with Crippen molar-refractivity contribution >= 4 is 23.3 Å². The van der Waals surface area contributed by atoms with Crippen molar-refractivity contribution in [1.29, 1.82) is 0 Å². The molecule has 2 heterocycles. The summed E-state index contributed by atoms with van der Waals surface area (Å²) in [5.74, 6) is -0.841. The Morgan fingerprint density at radius 1 is 1.07 bits per heavy atom. The Bertz CT molecular complexity index is 1030. The van der Waals surface area contributed by atoms with Gasteiger partial charge in [-0.25, -0.2) is 9.48 Å². The molecule has 0 radical (unpaired) electrons. The van der Waals surface area contributed by atoms with E-state index in [1.807, 2.05) is 6.07 Å². The molecule has 1 fully saturated rings. The van der Waals surface area contributed by atoms with E-state index in [1.54, 1.807) is 53.5 Å². The number of benzene rings is 2. The molecule has 1 N–H and O–H groups in total. The highest BCUT2D eigenvalue weighted by Gasteiger charge is 2.19. The van der Waals surface area contributed by atoms with Crippen molar-refractivity contribution in [3.8, 4) is 5.69 Å². The van der Waals surface area contributed by atoms with Crippen LogP contribution in [0.4, 0.5) is 11.4 Å². The van der Waals surface area contributed by atoms with E-state index in [-0.39, 0.29) is 5.91 Å². The normalized spacial score (nSPS) is 13.7. The molecule has 9 heteroatoms. The molecule has 3 aromatic rings. The number of aromatic nitrogens is 3. The molecule has 0 unspecified atom stereocenters. The maximum atomic E-state index is 12.7. The van der Waals surface area contributed by atoms with Gasteiger partial charge in [-0.2, -0.15) is 0 Å². The van der Waals surface area contributed by atoms with Gasteiger partial charge < -0.3 is 19.7 Å². The van der Waals surface area contributed by atoms with Crippen LogP contribution in [0.5, 0.6) is 0 Å². The van der Waals surface area contributed by atoms with Gasteiger partial charge >= 0.3 is 5.97 Å². The summed E-state index contributed by atoms with van der Waals surface area (Å²) in [5.41, 5.74) is 2.81. The summed E-state index contributed by atoms with van der Waals surface area (Å²) in [5, 5.41) is 10.5. The van der Waals surface area contributed by atoms with Gasteiger partial charge in [0.2, 0.25) is 0 Å². The minimum atomic E-state index is -0.512. The fourth-order valence-electron chi connectivity index (χ4n) is 3.24. The largest absolute Gasteiger partial charge is 0.465 e. The number of rotatable bonds is 5. The summed E-state index contributed by atoms with van der Waals surface area (Å²) in [7, 11) is 1.32. The summed E-state index contributed by atoms with van der Waals surface area (Å²) in [6.45, 7) is 2.75. The van der Waals surface area contributed by atoms with Gasteiger partial charge in [0.25, 0.3) is 5.91 Å². The second-order valence-corrected chi connectivity index (χ2v) is 6.67. The smallest absolute Gasteiger partial charge is 0.340 e. The van der Waals surface area contributed by atoms with E-state index in [1.165, 1.54) is 7.11 Å². The first-order valence-corrected chi connectivity index (χ1v) is 9.49. The predicted octanol–water partition coefficient (Wildman–Crippen LogP) is 2.14. The van der Waals surface area contributed by atoms with Gasteiger partial charge in [0, 0.05) is 24.3 Å². The summed E-state index contributed by atoms with van der Waals surface area (Å²) >= 11 is 0. The van der Waals surface area contributed by atoms with Gasteiger partial charge in [0.1, 0.15) is 0 Å². The molecule has 1 aliphatic rings. The minimum absolute atomic E-state index is 0.300. The van der Waals surface area contributed by atoms with Crippen LogP contribution in [0.1, 0.15) is 20.7 Å². The second kappa shape index (κ2) is 8.75. The van der Waals surface area contributed by atoms with E-state index >= 15 is 0 Å². The molecule has 0 saturated carbocycles. The van der Waals surface area contributed by atoms with Crippen molar-refractivity contribution < 1.29 is 19.1 Å². The number of amides is 1. The minimum Gasteiger partial charge on any atom is -0.465 e. The van der Waals surface area contributed by atoms with Crippen LogP contribution in [0.2, 0.25) is 0 Å². The fourth-order valence-corrected chi connectivity index (χ4v) is 3.24. The summed E-state index contributed by atoms with van der Waals surface area (Å²) in [6, 6.07) is 12.2. The topological polar surface area (TPSA) is 98.6 Å². The Kier molecular flexibility index (Phi) is 5.71. The van der Waals surface area contributed by atoms with Gasteiger partial charge in [-0.3, -0.25) is 4.79 Å². The number of hydrogen-bond donors (Lipinski definition) is 1. The van der Waals surface area contributed by atoms with Gasteiger partial charge in [-0.05, 0) is 42.5 Å². The number of ether oxygens (including phenoxy) is 2. The van der Waals surface area contributed by atoms with E-state index < -0.39 is 5.97 Å². The van der Waals surface area contributed by atoms with E-state index in [2.05, 4.69) is 20.5 Å². The van der Waals surface area contributed by atoms with Crippen molar-refractivity contribution in [1.82, 2.24) is 15.0 Å². The third-order valence-electron chi connectivity index (χ3n) is 4.85. The lowest BCUT2D eigenvalue weighted by molar-refractivity contribution is 0.0602. The molecule has 9 nitrogen and oxygen atoms in total. The van der Waals surface area contributed by atoms with Crippen LogP contribution in [-0.2, 0) is 9.47 Å². The molecule has 0 atom stereocenters. The molecule has 0 spiro atoms. The molecule has 154 valence electrons. The highest BCUT2D eigenvalue weighted by atomic mass is 16.5. The molecule has 30 heavy (non-hydrogen) atoms. The van der Waals surface area contributed by atoms with Crippen molar-refractivity contribution in [2.75, 3.05) is 43.6 Å². The van der Waals surface area contributed by atoms with Crippen molar-refractivity contribution in [2.45, 2.75) is 0 Å². The van der Waals surface area contributed by atoms with Gasteiger partial charge in [-0.15, -0.1) is 5.10 Å². The monoisotopic (exact) mass is 407 g/mol. The van der Waals surface area contributed by atoms with E-state index in [4.69, 9.17) is 9.47 Å². The molecule has 2 aromatic carbocycles. The lowest BCUT2D eigenvalue weighted by Crippen LogP contribution is -2.36. The lowest BCUT2D eigenvalue weighted by Gasteiger charge is -2.29. The van der Waals surface area contributed by atoms with Crippen molar-refractivity contribution in [3.63, 3.8) is 0 Å². The number of morpholine rings is 1. The average molecular weight is 407 g/mol. The summed E-state index contributed by atoms with van der Waals surface area (Å²) < 4.78 is 11.9. The molecular weight excluding hydrogens is 386 g/mol. The molecule has 0 aliphatic carbocycles. The van der Waals surface area contributed by atoms with Gasteiger partial charge in [0.15, 0.2) is 0 Å². The number of hydrogen-bond acceptors (Lipinski definition) is 7. The first kappa shape index (κ1) is 19.6. The van der Waals surface area contributed by atoms with Crippen LogP contribution in [0.3, 0.4) is 0 Å². The maximum absolute atomic E-state index is 12.7. The van der Waals surface area contributed by atoms with Crippen LogP contribution in [-0.4, -0.2) is 60.3 Å². The number of nitrogens with one attached hydrogen (secondary N) is 1. The Morgan fingerprint density at radius 2 is 1.80 bits per heavy atom. The number of anilines is 2. The van der Waals surface area contributed by atoms with Crippen molar-refractivity contribution in [2.24, 2.45) is 0 Å². The van der Waals surface area contributed by atoms with Crippen LogP contribution >= 0.6 is 0 Å². The van der Waals surface area contributed by atoms with E-state index in [9.17, 15) is 9.59 Å². The van der Waals surface area contributed by atoms with Crippen LogP contribution < -0.4 is 10.2 Å². The number of carbonyl (C=O) groups is 2. The third kappa shape index (κ3) is 4.15. The average Bonchev–Trinajstić information content (AvgIpc) is 3.34. The Balaban J connectivity index is 1.55. The molecule has 4 rings (SSSR count). The first-order chi connectivity index (χ1) is 14.7. The molecule has 1 saturated heterocycles. The number of methoxy groups -OCH3 is 1. The zero-order chi connectivity index (χ0) is 20.9. The van der Waals surface area contributed by atoms with Crippen LogP contribution in [0.15, 0.2) is 54.9 Å². The van der Waals surface area contributed by atoms with E-state index in [0.717, 1.165) is 24.5 Å². The molecule has 1 aromatic heterocycles.